The number of amides is 1. The van der Waals surface area contributed by atoms with Crippen LogP contribution in [0.15, 0.2) is 42.9 Å². The molecule has 204 valence electrons. The van der Waals surface area contributed by atoms with Gasteiger partial charge in [0.25, 0.3) is 5.91 Å². The van der Waals surface area contributed by atoms with Crippen molar-refractivity contribution in [2.45, 2.75) is 50.2 Å². The Hall–Kier alpha value is -3.82. The van der Waals surface area contributed by atoms with Gasteiger partial charge in [-0.25, -0.2) is 9.67 Å². The number of morpholine rings is 1. The quantitative estimate of drug-likeness (QED) is 0.516. The predicted molar refractivity (Wildman–Crippen MR) is 135 cm³/mol. The van der Waals surface area contributed by atoms with Gasteiger partial charge in [-0.2, -0.15) is 23.5 Å². The highest BCUT2D eigenvalue weighted by molar-refractivity contribution is 6.04. The monoisotopic (exact) mass is 539 g/mol. The first-order valence-electron chi connectivity index (χ1n) is 12.8. The van der Waals surface area contributed by atoms with Crippen molar-refractivity contribution >= 4 is 11.6 Å². The Labute approximate surface area is 223 Å². The number of halogens is 3. The van der Waals surface area contributed by atoms with E-state index < -0.39 is 23.1 Å². The van der Waals surface area contributed by atoms with Gasteiger partial charge < -0.3 is 10.1 Å². The summed E-state index contributed by atoms with van der Waals surface area (Å²) < 4.78 is 45.3. The molecule has 4 heterocycles. The standard InChI is InChI=1S/C27H28F3N7O2/c1-18-22(16-34-37(18)24-5-2-19(14-33-24)27(28,29)30)25(38)35-20-3-4-23(32-15-20)26(17-31)8-6-21(7-9-26)36-10-12-39-13-11-36/h2-5,14-16,21H,6-13H2,1H3,(H,35,38). The van der Waals surface area contributed by atoms with Crippen LogP contribution in [0.5, 0.6) is 0 Å². The Bertz CT molecular complexity index is 1350. The zero-order chi connectivity index (χ0) is 27.6. The van der Waals surface area contributed by atoms with Crippen LogP contribution in [-0.4, -0.2) is 62.9 Å². The number of anilines is 1. The van der Waals surface area contributed by atoms with Crippen LogP contribution in [0.4, 0.5) is 18.9 Å². The summed E-state index contributed by atoms with van der Waals surface area (Å²) in [6.07, 6.45) is 2.40. The number of ether oxygens (including phenoxy) is 1. The van der Waals surface area contributed by atoms with Crippen molar-refractivity contribution in [1.82, 2.24) is 24.6 Å². The fourth-order valence-corrected chi connectivity index (χ4v) is 5.32. The van der Waals surface area contributed by atoms with E-state index in [1.54, 1.807) is 19.1 Å². The number of aromatic nitrogens is 4. The second-order valence-electron chi connectivity index (χ2n) is 9.92. The Kier molecular flexibility index (Phi) is 7.38. The summed E-state index contributed by atoms with van der Waals surface area (Å²) in [6, 6.07) is 8.59. The third-order valence-corrected chi connectivity index (χ3v) is 7.64. The highest BCUT2D eigenvalue weighted by Crippen LogP contribution is 2.40. The third kappa shape index (κ3) is 5.51. The predicted octanol–water partition coefficient (Wildman–Crippen LogP) is 4.28. The molecule has 1 saturated heterocycles. The molecule has 3 aromatic heterocycles. The number of nitrogens with zero attached hydrogens (tertiary/aromatic N) is 6. The largest absolute Gasteiger partial charge is 0.417 e. The summed E-state index contributed by atoms with van der Waals surface area (Å²) >= 11 is 0. The molecule has 1 aliphatic carbocycles. The van der Waals surface area contributed by atoms with Crippen molar-refractivity contribution in [3.05, 3.63) is 65.4 Å². The summed E-state index contributed by atoms with van der Waals surface area (Å²) in [7, 11) is 0. The van der Waals surface area contributed by atoms with E-state index in [4.69, 9.17) is 4.74 Å². The number of alkyl halides is 3. The molecule has 2 aliphatic rings. The number of nitrogens with one attached hydrogen (secondary N) is 1. The van der Waals surface area contributed by atoms with E-state index in [1.807, 2.05) is 0 Å². The van der Waals surface area contributed by atoms with E-state index in [-0.39, 0.29) is 11.4 Å². The van der Waals surface area contributed by atoms with Crippen LogP contribution < -0.4 is 5.32 Å². The maximum absolute atomic E-state index is 12.9. The number of nitriles is 1. The SMILES string of the molecule is Cc1c(C(=O)Nc2ccc(C3(C#N)CCC(N4CCOCC4)CC3)nc2)cnn1-c1ccc(C(F)(F)F)cn1. The van der Waals surface area contributed by atoms with Gasteiger partial charge in [0.2, 0.25) is 0 Å². The molecule has 3 aromatic rings. The molecular weight excluding hydrogens is 511 g/mol. The molecule has 9 nitrogen and oxygen atoms in total. The zero-order valence-corrected chi connectivity index (χ0v) is 21.4. The molecule has 0 spiro atoms. The van der Waals surface area contributed by atoms with E-state index in [2.05, 4.69) is 31.4 Å². The van der Waals surface area contributed by atoms with Gasteiger partial charge >= 0.3 is 6.18 Å². The second-order valence-corrected chi connectivity index (χ2v) is 9.92. The van der Waals surface area contributed by atoms with E-state index in [9.17, 15) is 23.2 Å². The molecule has 12 heteroatoms. The Morgan fingerprint density at radius 2 is 1.85 bits per heavy atom. The summed E-state index contributed by atoms with van der Waals surface area (Å²) in [5.74, 6) is -0.281. The number of pyridine rings is 2. The minimum atomic E-state index is -4.49. The molecule has 1 N–H and O–H groups in total. The lowest BCUT2D eigenvalue weighted by atomic mass is 9.71. The van der Waals surface area contributed by atoms with Gasteiger partial charge in [-0.3, -0.25) is 14.7 Å². The lowest BCUT2D eigenvalue weighted by Crippen LogP contribution is -2.47. The molecule has 2 fully saturated rings. The molecule has 0 unspecified atom stereocenters. The van der Waals surface area contributed by atoms with E-state index in [0.717, 1.165) is 64.2 Å². The van der Waals surface area contributed by atoms with E-state index >= 15 is 0 Å². The smallest absolute Gasteiger partial charge is 0.379 e. The van der Waals surface area contributed by atoms with Crippen molar-refractivity contribution in [3.8, 4) is 11.9 Å². The molecule has 39 heavy (non-hydrogen) atoms. The zero-order valence-electron chi connectivity index (χ0n) is 21.4. The van der Waals surface area contributed by atoms with E-state index in [0.29, 0.717) is 23.1 Å². The van der Waals surface area contributed by atoms with Crippen LogP contribution in [0.2, 0.25) is 0 Å². The summed E-state index contributed by atoms with van der Waals surface area (Å²) in [5, 5.41) is 17.0. The van der Waals surface area contributed by atoms with Crippen molar-refractivity contribution in [1.29, 1.82) is 5.26 Å². The first-order chi connectivity index (χ1) is 18.7. The van der Waals surface area contributed by atoms with Gasteiger partial charge in [0.05, 0.1) is 65.3 Å². The fraction of sp³-hybridized carbons (Fsp3) is 0.444. The maximum atomic E-state index is 12.9. The number of hydrogen-bond donors (Lipinski definition) is 1. The van der Waals surface area contributed by atoms with Crippen LogP contribution in [0, 0.1) is 18.3 Å². The van der Waals surface area contributed by atoms with Crippen molar-refractivity contribution < 1.29 is 22.7 Å². The number of carbonyl (C=O) groups excluding carboxylic acids is 1. The molecule has 5 rings (SSSR count). The third-order valence-electron chi connectivity index (χ3n) is 7.64. The Balaban J connectivity index is 1.24. The molecule has 0 bridgehead atoms. The summed E-state index contributed by atoms with van der Waals surface area (Å²) in [5.41, 5.74) is 0.297. The van der Waals surface area contributed by atoms with Crippen LogP contribution in [0.1, 0.15) is 53.0 Å². The minimum Gasteiger partial charge on any atom is -0.379 e. The molecule has 0 radical (unpaired) electrons. The van der Waals surface area contributed by atoms with Crippen LogP contribution in [0.25, 0.3) is 5.82 Å². The maximum Gasteiger partial charge on any atom is 0.417 e. The van der Waals surface area contributed by atoms with Crippen LogP contribution in [0.3, 0.4) is 0 Å². The lowest BCUT2D eigenvalue weighted by Gasteiger charge is -2.41. The van der Waals surface area contributed by atoms with Gasteiger partial charge in [0, 0.05) is 25.3 Å². The van der Waals surface area contributed by atoms with Crippen molar-refractivity contribution in [2.24, 2.45) is 0 Å². The molecule has 1 aliphatic heterocycles. The van der Waals surface area contributed by atoms with Crippen molar-refractivity contribution in [3.63, 3.8) is 0 Å². The number of hydrogen-bond acceptors (Lipinski definition) is 7. The van der Waals surface area contributed by atoms with Gasteiger partial charge in [0.1, 0.15) is 0 Å². The van der Waals surface area contributed by atoms with Gasteiger partial charge in [-0.05, 0) is 56.9 Å². The number of rotatable bonds is 5. The fourth-order valence-electron chi connectivity index (χ4n) is 5.32. The summed E-state index contributed by atoms with van der Waals surface area (Å²) in [4.78, 5) is 23.8. The number of carbonyl (C=O) groups is 1. The highest BCUT2D eigenvalue weighted by atomic mass is 19.4. The van der Waals surface area contributed by atoms with Gasteiger partial charge in [0.15, 0.2) is 5.82 Å². The first kappa shape index (κ1) is 26.8. The first-order valence-corrected chi connectivity index (χ1v) is 12.8. The minimum absolute atomic E-state index is 0.163. The average Bonchev–Trinajstić information content (AvgIpc) is 3.35. The van der Waals surface area contributed by atoms with Gasteiger partial charge in [-0.1, -0.05) is 0 Å². The molecule has 0 atom stereocenters. The molecule has 0 aromatic carbocycles. The Morgan fingerprint density at radius 3 is 2.44 bits per heavy atom. The molecule has 1 amide bonds. The topological polar surface area (TPSA) is 109 Å². The molecule has 1 saturated carbocycles. The van der Waals surface area contributed by atoms with Crippen LogP contribution >= 0.6 is 0 Å². The van der Waals surface area contributed by atoms with E-state index in [1.165, 1.54) is 23.1 Å². The second kappa shape index (κ2) is 10.7. The lowest BCUT2D eigenvalue weighted by molar-refractivity contribution is -0.137. The molecular formula is C27H28F3N7O2. The van der Waals surface area contributed by atoms with Crippen molar-refractivity contribution in [2.75, 3.05) is 31.6 Å². The Morgan fingerprint density at radius 1 is 1.10 bits per heavy atom. The highest BCUT2D eigenvalue weighted by Gasteiger charge is 2.40. The van der Waals surface area contributed by atoms with Crippen LogP contribution in [-0.2, 0) is 16.3 Å². The van der Waals surface area contributed by atoms with Gasteiger partial charge in [-0.15, -0.1) is 0 Å². The average molecular weight is 540 g/mol. The normalized spacial score (nSPS) is 22.3. The summed E-state index contributed by atoms with van der Waals surface area (Å²) in [6.45, 7) is 4.99.